The van der Waals surface area contributed by atoms with Gasteiger partial charge in [0.15, 0.2) is 5.58 Å². The van der Waals surface area contributed by atoms with Gasteiger partial charge in [0.2, 0.25) is 0 Å². The van der Waals surface area contributed by atoms with Crippen LogP contribution in [0.3, 0.4) is 0 Å². The summed E-state index contributed by atoms with van der Waals surface area (Å²) in [5.74, 6) is -0.387. The molecule has 0 aliphatic carbocycles. The number of carbonyl (C=O) groups excluding carboxylic acids is 1. The van der Waals surface area contributed by atoms with Crippen LogP contribution in [0.1, 0.15) is 15.9 Å². The monoisotopic (exact) mass is 337 g/mol. The first-order chi connectivity index (χ1) is 12.1. The van der Waals surface area contributed by atoms with Crippen molar-refractivity contribution in [1.82, 2.24) is 9.88 Å². The number of benzene rings is 2. The molecular weight excluding hydrogens is 318 g/mol. The van der Waals surface area contributed by atoms with Gasteiger partial charge in [-0.2, -0.15) is 0 Å². The molecular formula is C19H19N3O3. The maximum absolute atomic E-state index is 12.6. The molecule has 4 rings (SSSR count). The molecule has 0 bridgehead atoms. The fourth-order valence-electron chi connectivity index (χ4n) is 3.24. The van der Waals surface area contributed by atoms with E-state index in [0.29, 0.717) is 37.3 Å². The minimum absolute atomic E-state index is 0.0611. The Balaban J connectivity index is 1.50. The summed E-state index contributed by atoms with van der Waals surface area (Å²) in [5, 5.41) is 0. The highest BCUT2D eigenvalue weighted by Gasteiger charge is 2.24. The minimum Gasteiger partial charge on any atom is -0.406 e. The lowest BCUT2D eigenvalue weighted by molar-refractivity contribution is 0.0747. The first kappa shape index (κ1) is 15.5. The molecule has 6 heteroatoms. The number of nitrogens with zero attached hydrogens (tertiary/aromatic N) is 2. The number of para-hydroxylation sites is 1. The quantitative estimate of drug-likeness (QED) is 0.779. The van der Waals surface area contributed by atoms with E-state index >= 15 is 0 Å². The molecule has 1 N–H and O–H groups in total. The van der Waals surface area contributed by atoms with Gasteiger partial charge in [0.05, 0.1) is 11.2 Å². The zero-order chi connectivity index (χ0) is 17.4. The molecule has 6 nitrogen and oxygen atoms in total. The Labute approximate surface area is 144 Å². The molecule has 1 amide bonds. The molecule has 0 saturated carbocycles. The van der Waals surface area contributed by atoms with E-state index in [0.717, 1.165) is 16.8 Å². The Morgan fingerprint density at radius 2 is 1.76 bits per heavy atom. The topological polar surface area (TPSA) is 69.6 Å². The van der Waals surface area contributed by atoms with Crippen molar-refractivity contribution in [2.24, 2.45) is 0 Å². The molecule has 0 radical (unpaired) electrons. The highest BCUT2D eigenvalue weighted by atomic mass is 16.4. The fourth-order valence-corrected chi connectivity index (χ4v) is 3.24. The zero-order valence-electron chi connectivity index (χ0n) is 14.0. The smallest absolute Gasteiger partial charge is 0.406 e. The van der Waals surface area contributed by atoms with Crippen molar-refractivity contribution in [3.8, 4) is 0 Å². The molecule has 1 aliphatic heterocycles. The molecule has 0 unspecified atom stereocenters. The van der Waals surface area contributed by atoms with Crippen LogP contribution in [0.4, 0.5) is 5.69 Å². The molecule has 25 heavy (non-hydrogen) atoms. The summed E-state index contributed by atoms with van der Waals surface area (Å²) >= 11 is 0. The van der Waals surface area contributed by atoms with Gasteiger partial charge in [-0.3, -0.25) is 9.78 Å². The third-order valence-electron chi connectivity index (χ3n) is 4.63. The lowest BCUT2D eigenvalue weighted by Crippen LogP contribution is -2.48. The second-order valence-electron chi connectivity index (χ2n) is 6.31. The molecule has 0 atom stereocenters. The van der Waals surface area contributed by atoms with Crippen LogP contribution in [0, 0.1) is 6.92 Å². The number of carbonyl (C=O) groups is 1. The van der Waals surface area contributed by atoms with Gasteiger partial charge in [-0.1, -0.05) is 23.8 Å². The molecule has 1 aromatic heterocycles. The number of anilines is 1. The van der Waals surface area contributed by atoms with Crippen LogP contribution in [0.15, 0.2) is 51.7 Å². The number of hydrogen-bond acceptors (Lipinski definition) is 4. The van der Waals surface area contributed by atoms with E-state index in [-0.39, 0.29) is 5.91 Å². The largest absolute Gasteiger partial charge is 0.417 e. The lowest BCUT2D eigenvalue weighted by atomic mass is 10.1. The average molecular weight is 337 g/mol. The molecule has 2 heterocycles. The third kappa shape index (κ3) is 2.91. The average Bonchev–Trinajstić information content (AvgIpc) is 3.02. The van der Waals surface area contributed by atoms with Gasteiger partial charge < -0.3 is 14.2 Å². The van der Waals surface area contributed by atoms with Gasteiger partial charge >= 0.3 is 5.76 Å². The summed E-state index contributed by atoms with van der Waals surface area (Å²) in [5.41, 5.74) is 4.02. The highest BCUT2D eigenvalue weighted by molar-refractivity contribution is 5.94. The maximum Gasteiger partial charge on any atom is 0.417 e. The van der Waals surface area contributed by atoms with Gasteiger partial charge in [0.1, 0.15) is 0 Å². The van der Waals surface area contributed by atoms with Crippen LogP contribution in [0.2, 0.25) is 0 Å². The Bertz CT molecular complexity index is 963. The van der Waals surface area contributed by atoms with Crippen LogP contribution in [0.5, 0.6) is 0 Å². The standard InChI is InChI=1S/C19H19N3O3/c1-13-5-7-14(8-6-13)18(23)22-11-9-21(10-12-22)16-4-2-3-15-17(16)25-19(24)20-15/h2-8H,9-12H2,1H3,(H,20,24). The van der Waals surface area contributed by atoms with Crippen LogP contribution in [0.25, 0.3) is 11.1 Å². The minimum atomic E-state index is -0.448. The Morgan fingerprint density at radius 1 is 1.04 bits per heavy atom. The number of piperazine rings is 1. The Morgan fingerprint density at radius 3 is 2.48 bits per heavy atom. The van der Waals surface area contributed by atoms with Crippen molar-refractivity contribution in [3.05, 3.63) is 64.1 Å². The van der Waals surface area contributed by atoms with E-state index in [9.17, 15) is 9.59 Å². The molecule has 1 fully saturated rings. The first-order valence-electron chi connectivity index (χ1n) is 8.34. The summed E-state index contributed by atoms with van der Waals surface area (Å²) < 4.78 is 5.27. The molecule has 128 valence electrons. The van der Waals surface area contributed by atoms with Gasteiger partial charge in [-0.25, -0.2) is 4.79 Å². The van der Waals surface area contributed by atoms with Gasteiger partial charge in [0.25, 0.3) is 5.91 Å². The summed E-state index contributed by atoms with van der Waals surface area (Å²) in [4.78, 5) is 30.8. The van der Waals surface area contributed by atoms with Crippen molar-refractivity contribution in [2.45, 2.75) is 6.92 Å². The highest BCUT2D eigenvalue weighted by Crippen LogP contribution is 2.26. The number of aromatic amines is 1. The fraction of sp³-hybridized carbons (Fsp3) is 0.263. The number of hydrogen-bond donors (Lipinski definition) is 1. The third-order valence-corrected chi connectivity index (χ3v) is 4.63. The molecule has 3 aromatic rings. The number of amides is 1. The van der Waals surface area contributed by atoms with E-state index in [2.05, 4.69) is 9.88 Å². The van der Waals surface area contributed by atoms with Crippen LogP contribution < -0.4 is 10.7 Å². The Kier molecular flexibility index (Phi) is 3.80. The Hall–Kier alpha value is -3.02. The van der Waals surface area contributed by atoms with Crippen molar-refractivity contribution in [3.63, 3.8) is 0 Å². The van der Waals surface area contributed by atoms with Crippen LogP contribution in [-0.2, 0) is 0 Å². The number of rotatable bonds is 2. The maximum atomic E-state index is 12.6. The first-order valence-corrected chi connectivity index (χ1v) is 8.34. The van der Waals surface area contributed by atoms with E-state index in [1.807, 2.05) is 54.3 Å². The number of fused-ring (bicyclic) bond motifs is 1. The van der Waals surface area contributed by atoms with E-state index in [4.69, 9.17) is 4.42 Å². The molecule has 2 aromatic carbocycles. The molecule has 0 spiro atoms. The van der Waals surface area contributed by atoms with Crippen molar-refractivity contribution < 1.29 is 9.21 Å². The summed E-state index contributed by atoms with van der Waals surface area (Å²) in [6.07, 6.45) is 0. The predicted octanol–water partition coefficient (Wildman–Crippen LogP) is 2.39. The van der Waals surface area contributed by atoms with Crippen molar-refractivity contribution >= 4 is 22.7 Å². The predicted molar refractivity (Wildman–Crippen MR) is 96.1 cm³/mol. The van der Waals surface area contributed by atoms with Crippen LogP contribution >= 0.6 is 0 Å². The zero-order valence-corrected chi connectivity index (χ0v) is 14.0. The SMILES string of the molecule is Cc1ccc(C(=O)N2CCN(c3cccc4[nH]c(=O)oc34)CC2)cc1. The lowest BCUT2D eigenvalue weighted by Gasteiger charge is -2.36. The van der Waals surface area contributed by atoms with Crippen molar-refractivity contribution in [2.75, 3.05) is 31.1 Å². The normalized spacial score (nSPS) is 14.9. The number of H-pyrrole nitrogens is 1. The summed E-state index contributed by atoms with van der Waals surface area (Å²) in [7, 11) is 0. The van der Waals surface area contributed by atoms with Gasteiger partial charge in [0, 0.05) is 31.7 Å². The van der Waals surface area contributed by atoms with Gasteiger partial charge in [-0.15, -0.1) is 0 Å². The van der Waals surface area contributed by atoms with E-state index < -0.39 is 5.76 Å². The molecule has 1 saturated heterocycles. The second kappa shape index (κ2) is 6.12. The van der Waals surface area contributed by atoms with E-state index in [1.165, 1.54) is 0 Å². The molecule has 1 aliphatic rings. The van der Waals surface area contributed by atoms with Crippen LogP contribution in [-0.4, -0.2) is 42.0 Å². The van der Waals surface area contributed by atoms with Gasteiger partial charge in [-0.05, 0) is 31.2 Å². The summed E-state index contributed by atoms with van der Waals surface area (Å²) in [6, 6.07) is 13.3. The number of aromatic nitrogens is 1. The number of aryl methyl sites for hydroxylation is 1. The summed E-state index contributed by atoms with van der Waals surface area (Å²) in [6.45, 7) is 4.68. The number of nitrogens with one attached hydrogen (secondary N) is 1. The number of oxazole rings is 1. The van der Waals surface area contributed by atoms with Crippen molar-refractivity contribution in [1.29, 1.82) is 0 Å². The second-order valence-corrected chi connectivity index (χ2v) is 6.31. The van der Waals surface area contributed by atoms with E-state index in [1.54, 1.807) is 0 Å².